The topological polar surface area (TPSA) is 87.9 Å². The number of nitrogens with zero attached hydrogens (tertiary/aromatic N) is 1. The summed E-state index contributed by atoms with van der Waals surface area (Å²) in [7, 11) is 2.83. The van der Waals surface area contributed by atoms with Crippen LogP contribution in [0.1, 0.15) is 22.8 Å². The minimum Gasteiger partial charge on any atom is -0.493 e. The Morgan fingerprint density at radius 1 is 1.12 bits per heavy atom. The summed E-state index contributed by atoms with van der Waals surface area (Å²) in [6.07, 6.45) is 2.65. The second-order valence-electron chi connectivity index (χ2n) is 5.15. The summed E-state index contributed by atoms with van der Waals surface area (Å²) in [5.41, 5.74) is 0.424. The Morgan fingerprint density at radius 3 is 2.38 bits per heavy atom. The number of carbonyl (C=O) groups excluding carboxylic acids is 1. The molecule has 0 fully saturated rings. The molecule has 0 N–H and O–H groups in total. The summed E-state index contributed by atoms with van der Waals surface area (Å²) in [5, 5.41) is 11.3. The van der Waals surface area contributed by atoms with Gasteiger partial charge in [-0.15, -0.1) is 0 Å². The zero-order valence-corrected chi connectivity index (χ0v) is 14.7. The van der Waals surface area contributed by atoms with Gasteiger partial charge in [-0.05, 0) is 37.3 Å². The van der Waals surface area contributed by atoms with Crippen LogP contribution in [0.4, 0.5) is 5.69 Å². The van der Waals surface area contributed by atoms with E-state index in [2.05, 4.69) is 0 Å². The number of carbonyl (C=O) groups is 1. The number of allylic oxidation sites excluding steroid dienone is 1. The molecule has 2 aromatic rings. The van der Waals surface area contributed by atoms with Crippen molar-refractivity contribution in [2.24, 2.45) is 0 Å². The standard InChI is InChI=1S/C19H19NO6/c1-4-26-17-8-6-5-7-14(17)16(21)10-9-13-11-18(24-2)19(25-3)12-15(13)20(22)23/h5-12H,4H2,1-3H3/b10-9+. The second-order valence-corrected chi connectivity index (χ2v) is 5.15. The Labute approximate surface area is 151 Å². The second kappa shape index (κ2) is 8.66. The van der Waals surface area contributed by atoms with Crippen molar-refractivity contribution in [3.63, 3.8) is 0 Å². The van der Waals surface area contributed by atoms with Crippen molar-refractivity contribution in [3.05, 3.63) is 63.7 Å². The molecule has 0 amide bonds. The molecule has 26 heavy (non-hydrogen) atoms. The lowest BCUT2D eigenvalue weighted by molar-refractivity contribution is -0.385. The Morgan fingerprint density at radius 2 is 1.77 bits per heavy atom. The fraction of sp³-hybridized carbons (Fsp3) is 0.211. The van der Waals surface area contributed by atoms with Gasteiger partial charge in [0, 0.05) is 0 Å². The Bertz CT molecular complexity index is 844. The number of hydrogen-bond donors (Lipinski definition) is 0. The van der Waals surface area contributed by atoms with E-state index in [1.165, 1.54) is 38.5 Å². The fourth-order valence-electron chi connectivity index (χ4n) is 2.38. The van der Waals surface area contributed by atoms with Crippen LogP contribution in [0.3, 0.4) is 0 Å². The number of benzene rings is 2. The first-order valence-corrected chi connectivity index (χ1v) is 7.86. The van der Waals surface area contributed by atoms with Crippen molar-refractivity contribution in [1.29, 1.82) is 0 Å². The van der Waals surface area contributed by atoms with E-state index in [1.54, 1.807) is 24.3 Å². The van der Waals surface area contributed by atoms with Crippen molar-refractivity contribution >= 4 is 17.5 Å². The normalized spacial score (nSPS) is 10.6. The molecule has 7 heteroatoms. The molecule has 136 valence electrons. The van der Waals surface area contributed by atoms with Crippen LogP contribution in [0.25, 0.3) is 6.08 Å². The number of para-hydroxylation sites is 1. The highest BCUT2D eigenvalue weighted by Gasteiger charge is 2.18. The number of rotatable bonds is 8. The van der Waals surface area contributed by atoms with Gasteiger partial charge in [-0.3, -0.25) is 14.9 Å². The van der Waals surface area contributed by atoms with E-state index in [0.717, 1.165) is 0 Å². The average molecular weight is 357 g/mol. The third-order valence-corrected chi connectivity index (χ3v) is 3.60. The predicted octanol–water partition coefficient (Wildman–Crippen LogP) is 3.91. The highest BCUT2D eigenvalue weighted by atomic mass is 16.6. The van der Waals surface area contributed by atoms with Gasteiger partial charge in [-0.25, -0.2) is 0 Å². The molecule has 0 unspecified atom stereocenters. The third kappa shape index (κ3) is 4.18. The molecule has 7 nitrogen and oxygen atoms in total. The molecule has 2 rings (SSSR count). The lowest BCUT2D eigenvalue weighted by atomic mass is 10.1. The molecule has 0 aliphatic heterocycles. The van der Waals surface area contributed by atoms with Crippen molar-refractivity contribution in [2.45, 2.75) is 6.92 Å². The van der Waals surface area contributed by atoms with Crippen molar-refractivity contribution < 1.29 is 23.9 Å². The highest BCUT2D eigenvalue weighted by molar-refractivity contribution is 6.08. The summed E-state index contributed by atoms with van der Waals surface area (Å²) in [4.78, 5) is 23.3. The zero-order chi connectivity index (χ0) is 19.1. The van der Waals surface area contributed by atoms with E-state index in [9.17, 15) is 14.9 Å². The summed E-state index contributed by atoms with van der Waals surface area (Å²) in [6, 6.07) is 9.55. The maximum absolute atomic E-state index is 12.5. The maximum Gasteiger partial charge on any atom is 0.280 e. The Hall–Kier alpha value is -3.35. The smallest absolute Gasteiger partial charge is 0.280 e. The fourth-order valence-corrected chi connectivity index (χ4v) is 2.38. The first-order valence-electron chi connectivity index (χ1n) is 7.86. The number of nitro benzene ring substituents is 1. The molecule has 0 aliphatic carbocycles. The Kier molecular flexibility index (Phi) is 6.32. The molecule has 0 radical (unpaired) electrons. The molecule has 0 spiro atoms. The van der Waals surface area contributed by atoms with Crippen molar-refractivity contribution in [3.8, 4) is 17.2 Å². The van der Waals surface area contributed by atoms with Crippen LogP contribution >= 0.6 is 0 Å². The van der Waals surface area contributed by atoms with Crippen molar-refractivity contribution in [2.75, 3.05) is 20.8 Å². The quantitative estimate of drug-likeness (QED) is 0.308. The summed E-state index contributed by atoms with van der Waals surface area (Å²) in [6.45, 7) is 2.25. The van der Waals surface area contributed by atoms with Crippen molar-refractivity contribution in [1.82, 2.24) is 0 Å². The van der Waals surface area contributed by atoms with E-state index in [0.29, 0.717) is 23.7 Å². The average Bonchev–Trinajstić information content (AvgIpc) is 2.65. The van der Waals surface area contributed by atoms with Gasteiger partial charge in [0.05, 0.1) is 42.9 Å². The van der Waals surface area contributed by atoms with Gasteiger partial charge in [-0.2, -0.15) is 0 Å². The molecule has 2 aromatic carbocycles. The van der Waals surface area contributed by atoms with Crippen LogP contribution in [-0.4, -0.2) is 31.5 Å². The van der Waals surface area contributed by atoms with Crippen LogP contribution in [-0.2, 0) is 0 Å². The predicted molar refractivity (Wildman–Crippen MR) is 97.2 cm³/mol. The van der Waals surface area contributed by atoms with Crippen LogP contribution < -0.4 is 14.2 Å². The summed E-state index contributed by atoms with van der Waals surface area (Å²) < 4.78 is 15.7. The largest absolute Gasteiger partial charge is 0.493 e. The zero-order valence-electron chi connectivity index (χ0n) is 14.7. The van der Waals surface area contributed by atoms with Gasteiger partial charge < -0.3 is 14.2 Å². The molecule has 0 aliphatic rings. The van der Waals surface area contributed by atoms with Gasteiger partial charge in [-0.1, -0.05) is 12.1 Å². The first kappa shape index (κ1) is 19.0. The molecule has 0 atom stereocenters. The van der Waals surface area contributed by atoms with Gasteiger partial charge >= 0.3 is 0 Å². The molecular weight excluding hydrogens is 338 g/mol. The van der Waals surface area contributed by atoms with Gasteiger partial charge in [0.25, 0.3) is 5.69 Å². The lowest BCUT2D eigenvalue weighted by Crippen LogP contribution is -2.01. The third-order valence-electron chi connectivity index (χ3n) is 3.60. The molecule has 0 bridgehead atoms. The Balaban J connectivity index is 2.41. The minimum absolute atomic E-state index is 0.190. The van der Waals surface area contributed by atoms with E-state index in [1.807, 2.05) is 6.92 Å². The molecule has 0 heterocycles. The minimum atomic E-state index is -0.541. The summed E-state index contributed by atoms with van der Waals surface area (Å²) in [5.74, 6) is 0.717. The van der Waals surface area contributed by atoms with E-state index >= 15 is 0 Å². The molecule has 0 aromatic heterocycles. The van der Waals surface area contributed by atoms with E-state index in [4.69, 9.17) is 14.2 Å². The SMILES string of the molecule is CCOc1ccccc1C(=O)/C=C/c1cc(OC)c(OC)cc1[N+](=O)[O-]. The van der Waals surface area contributed by atoms with Crippen LogP contribution in [0.15, 0.2) is 42.5 Å². The number of ether oxygens (including phenoxy) is 3. The number of hydrogen-bond acceptors (Lipinski definition) is 6. The van der Waals surface area contributed by atoms with Crippen LogP contribution in [0.5, 0.6) is 17.2 Å². The number of ketones is 1. The molecule has 0 saturated carbocycles. The lowest BCUT2D eigenvalue weighted by Gasteiger charge is -2.09. The van der Waals surface area contributed by atoms with Crippen LogP contribution in [0.2, 0.25) is 0 Å². The number of nitro groups is 1. The number of methoxy groups -OCH3 is 2. The van der Waals surface area contributed by atoms with Gasteiger partial charge in [0.1, 0.15) is 5.75 Å². The molecular formula is C19H19NO6. The van der Waals surface area contributed by atoms with Gasteiger partial charge in [0.15, 0.2) is 17.3 Å². The van der Waals surface area contributed by atoms with Crippen LogP contribution in [0, 0.1) is 10.1 Å². The highest BCUT2D eigenvalue weighted by Crippen LogP contribution is 2.35. The maximum atomic E-state index is 12.5. The monoisotopic (exact) mass is 357 g/mol. The molecule has 0 saturated heterocycles. The first-order chi connectivity index (χ1) is 12.5. The van der Waals surface area contributed by atoms with E-state index < -0.39 is 4.92 Å². The van der Waals surface area contributed by atoms with E-state index in [-0.39, 0.29) is 22.8 Å². The summed E-state index contributed by atoms with van der Waals surface area (Å²) >= 11 is 0. The van der Waals surface area contributed by atoms with Gasteiger partial charge in [0.2, 0.25) is 0 Å².